The van der Waals surface area contributed by atoms with Gasteiger partial charge in [-0.3, -0.25) is 14.3 Å². The van der Waals surface area contributed by atoms with Crippen molar-refractivity contribution in [1.29, 1.82) is 0 Å². The van der Waals surface area contributed by atoms with E-state index in [1.165, 1.54) is 16.0 Å². The second-order valence-corrected chi connectivity index (χ2v) is 7.05. The second-order valence-electron chi connectivity index (χ2n) is 5.60. The summed E-state index contributed by atoms with van der Waals surface area (Å²) in [5.74, 6) is -0.814. The number of carbonyl (C=O) groups is 2. The molecule has 0 radical (unpaired) electrons. The molecule has 3 rings (SSSR count). The highest BCUT2D eigenvalue weighted by atomic mass is 35.5. The summed E-state index contributed by atoms with van der Waals surface area (Å²) in [6.45, 7) is 3.79. The predicted molar refractivity (Wildman–Crippen MR) is 99.3 cm³/mol. The van der Waals surface area contributed by atoms with Gasteiger partial charge in [-0.05, 0) is 32.0 Å². The van der Waals surface area contributed by atoms with Crippen molar-refractivity contribution >= 4 is 45.0 Å². The molecule has 0 saturated carbocycles. The maximum atomic E-state index is 12.6. The summed E-state index contributed by atoms with van der Waals surface area (Å²) >= 11 is 7.35. The Balaban J connectivity index is 2.14. The van der Waals surface area contributed by atoms with Gasteiger partial charge < -0.3 is 9.30 Å². The van der Waals surface area contributed by atoms with Crippen LogP contribution in [0.2, 0.25) is 5.02 Å². The Kier molecular flexibility index (Phi) is 5.24. The van der Waals surface area contributed by atoms with Crippen LogP contribution in [-0.4, -0.2) is 32.8 Å². The Morgan fingerprint density at radius 3 is 2.81 bits per heavy atom. The summed E-state index contributed by atoms with van der Waals surface area (Å²) in [6.07, 6.45) is 1.61. The molecule has 0 unspecified atom stereocenters. The van der Waals surface area contributed by atoms with Gasteiger partial charge in [0.15, 0.2) is 4.80 Å². The molecule has 0 aliphatic carbocycles. The molecule has 0 bridgehead atoms. The van der Waals surface area contributed by atoms with Crippen LogP contribution in [0.3, 0.4) is 0 Å². The predicted octanol–water partition coefficient (Wildman–Crippen LogP) is 2.70. The number of amides is 1. The zero-order valence-electron chi connectivity index (χ0n) is 14.5. The highest BCUT2D eigenvalue weighted by molar-refractivity contribution is 7.16. The quantitative estimate of drug-likeness (QED) is 0.639. The number of aromatic nitrogens is 3. The number of esters is 1. The van der Waals surface area contributed by atoms with E-state index in [4.69, 9.17) is 16.3 Å². The van der Waals surface area contributed by atoms with Crippen molar-refractivity contribution in [2.75, 3.05) is 6.61 Å². The van der Waals surface area contributed by atoms with Crippen LogP contribution in [0, 0.1) is 6.92 Å². The van der Waals surface area contributed by atoms with Crippen molar-refractivity contribution in [2.45, 2.75) is 20.4 Å². The zero-order valence-corrected chi connectivity index (χ0v) is 16.1. The second kappa shape index (κ2) is 7.43. The third-order valence-corrected chi connectivity index (χ3v) is 5.04. The largest absolute Gasteiger partial charge is 0.465 e. The van der Waals surface area contributed by atoms with Crippen LogP contribution in [0.15, 0.2) is 29.4 Å². The lowest BCUT2D eigenvalue weighted by molar-refractivity contribution is -0.143. The molecule has 0 saturated heterocycles. The minimum Gasteiger partial charge on any atom is -0.465 e. The van der Waals surface area contributed by atoms with E-state index < -0.39 is 11.9 Å². The number of halogens is 1. The molecular formula is C17H17ClN4O3S. The normalized spacial score (nSPS) is 11.9. The maximum Gasteiger partial charge on any atom is 0.326 e. The number of fused-ring (bicyclic) bond motifs is 1. The number of aryl methyl sites for hydroxylation is 2. The Bertz CT molecular complexity index is 1040. The fourth-order valence-electron chi connectivity index (χ4n) is 2.62. The molecule has 0 aliphatic heterocycles. The first kappa shape index (κ1) is 18.3. The van der Waals surface area contributed by atoms with E-state index >= 15 is 0 Å². The van der Waals surface area contributed by atoms with Gasteiger partial charge in [0.05, 0.1) is 23.0 Å². The molecule has 1 aromatic carbocycles. The molecule has 2 heterocycles. The van der Waals surface area contributed by atoms with Crippen molar-refractivity contribution in [3.8, 4) is 0 Å². The number of hydrogen-bond donors (Lipinski definition) is 0. The Hall–Kier alpha value is -2.45. The molecule has 0 fully saturated rings. The number of benzene rings is 1. The van der Waals surface area contributed by atoms with Crippen LogP contribution in [0.5, 0.6) is 0 Å². The van der Waals surface area contributed by atoms with Crippen LogP contribution in [-0.2, 0) is 23.1 Å². The molecule has 9 heteroatoms. The van der Waals surface area contributed by atoms with E-state index in [9.17, 15) is 9.59 Å². The lowest BCUT2D eigenvalue weighted by Crippen LogP contribution is -2.23. The van der Waals surface area contributed by atoms with Gasteiger partial charge in [0.2, 0.25) is 0 Å². The molecule has 2 aromatic heterocycles. The van der Waals surface area contributed by atoms with Gasteiger partial charge in [-0.15, -0.1) is 0 Å². The van der Waals surface area contributed by atoms with E-state index in [1.807, 2.05) is 0 Å². The lowest BCUT2D eigenvalue weighted by Gasteiger charge is -2.05. The van der Waals surface area contributed by atoms with Crippen molar-refractivity contribution in [2.24, 2.45) is 12.0 Å². The van der Waals surface area contributed by atoms with Crippen molar-refractivity contribution in [3.05, 3.63) is 45.5 Å². The number of nitrogens with zero attached hydrogens (tertiary/aromatic N) is 4. The van der Waals surface area contributed by atoms with Gasteiger partial charge in [0.25, 0.3) is 5.91 Å². The fraction of sp³-hybridized carbons (Fsp3) is 0.294. The van der Waals surface area contributed by atoms with Gasteiger partial charge in [-0.1, -0.05) is 22.9 Å². The number of carbonyl (C=O) groups excluding carboxylic acids is 2. The summed E-state index contributed by atoms with van der Waals surface area (Å²) < 4.78 is 9.02. The van der Waals surface area contributed by atoms with Gasteiger partial charge in [-0.2, -0.15) is 10.1 Å². The van der Waals surface area contributed by atoms with Crippen LogP contribution in [0.1, 0.15) is 23.0 Å². The summed E-state index contributed by atoms with van der Waals surface area (Å²) in [7, 11) is 1.69. The highest BCUT2D eigenvalue weighted by Crippen LogP contribution is 2.22. The molecule has 1 amide bonds. The molecular weight excluding hydrogens is 376 g/mol. The van der Waals surface area contributed by atoms with E-state index in [0.717, 1.165) is 15.8 Å². The summed E-state index contributed by atoms with van der Waals surface area (Å²) in [5.41, 5.74) is 1.91. The Labute approximate surface area is 158 Å². The average molecular weight is 393 g/mol. The molecule has 3 aromatic rings. The molecule has 26 heavy (non-hydrogen) atoms. The topological polar surface area (TPSA) is 78.5 Å². The van der Waals surface area contributed by atoms with E-state index in [2.05, 4.69) is 10.1 Å². The minimum atomic E-state index is -0.419. The van der Waals surface area contributed by atoms with Gasteiger partial charge in [0, 0.05) is 17.6 Å². The van der Waals surface area contributed by atoms with E-state index in [1.54, 1.807) is 49.9 Å². The number of thiazole rings is 1. The van der Waals surface area contributed by atoms with Crippen molar-refractivity contribution in [1.82, 2.24) is 14.3 Å². The van der Waals surface area contributed by atoms with Crippen LogP contribution in [0.25, 0.3) is 10.2 Å². The summed E-state index contributed by atoms with van der Waals surface area (Å²) in [4.78, 5) is 29.3. The summed E-state index contributed by atoms with van der Waals surface area (Å²) in [6, 6.07) is 5.31. The molecule has 136 valence electrons. The van der Waals surface area contributed by atoms with Gasteiger partial charge in [0.1, 0.15) is 12.2 Å². The van der Waals surface area contributed by atoms with Crippen molar-refractivity contribution < 1.29 is 14.3 Å². The zero-order chi connectivity index (χ0) is 18.8. The molecule has 7 nitrogen and oxygen atoms in total. The smallest absolute Gasteiger partial charge is 0.326 e. The lowest BCUT2D eigenvalue weighted by atomic mass is 10.3. The standard InChI is InChI=1S/C17H17ClN4O3S/c1-4-25-14(23)9-22-12-6-5-11(18)7-13(12)26-17(22)20-16(24)15-10(2)8-19-21(15)3/h5-8H,4,9H2,1-3H3. The van der Waals surface area contributed by atoms with Gasteiger partial charge >= 0.3 is 5.97 Å². The molecule has 0 aliphatic rings. The first-order valence-electron chi connectivity index (χ1n) is 7.93. The summed E-state index contributed by atoms with van der Waals surface area (Å²) in [5, 5.41) is 4.64. The van der Waals surface area contributed by atoms with Crippen molar-refractivity contribution in [3.63, 3.8) is 0 Å². The third kappa shape index (κ3) is 3.56. The minimum absolute atomic E-state index is 0.0358. The third-order valence-electron chi connectivity index (χ3n) is 3.76. The van der Waals surface area contributed by atoms with Gasteiger partial charge in [-0.25, -0.2) is 0 Å². The fourth-order valence-corrected chi connectivity index (χ4v) is 3.92. The highest BCUT2D eigenvalue weighted by Gasteiger charge is 2.16. The monoisotopic (exact) mass is 392 g/mol. The first-order chi connectivity index (χ1) is 12.4. The SMILES string of the molecule is CCOC(=O)Cn1c(=NC(=O)c2c(C)cnn2C)sc2cc(Cl)ccc21. The number of ether oxygens (including phenoxy) is 1. The Morgan fingerprint density at radius 2 is 2.15 bits per heavy atom. The number of rotatable bonds is 4. The van der Waals surface area contributed by atoms with E-state index in [0.29, 0.717) is 15.5 Å². The van der Waals surface area contributed by atoms with Crippen LogP contribution < -0.4 is 4.80 Å². The average Bonchev–Trinajstić information content (AvgIpc) is 3.07. The first-order valence-corrected chi connectivity index (χ1v) is 9.12. The van der Waals surface area contributed by atoms with E-state index in [-0.39, 0.29) is 13.2 Å². The number of hydrogen-bond acceptors (Lipinski definition) is 5. The van der Waals surface area contributed by atoms with Crippen LogP contribution in [0.4, 0.5) is 0 Å². The van der Waals surface area contributed by atoms with Crippen LogP contribution >= 0.6 is 22.9 Å². The molecule has 0 N–H and O–H groups in total. The molecule has 0 atom stereocenters. The Morgan fingerprint density at radius 1 is 1.38 bits per heavy atom. The molecule has 0 spiro atoms. The maximum absolute atomic E-state index is 12.6.